The van der Waals surface area contributed by atoms with Crippen LogP contribution in [0.5, 0.6) is 0 Å². The summed E-state index contributed by atoms with van der Waals surface area (Å²) in [4.78, 5) is 0. The molecule has 0 radical (unpaired) electrons. The van der Waals surface area contributed by atoms with E-state index in [2.05, 4.69) is 45.2 Å². The Labute approximate surface area is 119 Å². The van der Waals surface area contributed by atoms with Gasteiger partial charge >= 0.3 is 0 Å². The second-order valence-corrected chi connectivity index (χ2v) is 5.24. The molecule has 0 amide bonds. The van der Waals surface area contributed by atoms with Crippen LogP contribution in [0.3, 0.4) is 0 Å². The normalized spacial score (nSPS) is 20.9. The predicted octanol–water partition coefficient (Wildman–Crippen LogP) is 1.97. The minimum atomic E-state index is -0.447. The fraction of sp³-hybridized carbons (Fsp3) is 0.154. The number of hydrogen-bond acceptors (Lipinski definition) is 5. The zero-order valence-electron chi connectivity index (χ0n) is 10.6. The van der Waals surface area contributed by atoms with E-state index in [0.29, 0.717) is 10.8 Å². The molecule has 0 aliphatic carbocycles. The Morgan fingerprint density at radius 3 is 2.85 bits per heavy atom. The first-order chi connectivity index (χ1) is 9.70. The third-order valence-electron chi connectivity index (χ3n) is 3.69. The summed E-state index contributed by atoms with van der Waals surface area (Å²) in [6.07, 6.45) is 1.55. The van der Waals surface area contributed by atoms with E-state index in [4.69, 9.17) is 11.6 Å². The molecule has 0 fully saturated rings. The molecule has 20 heavy (non-hydrogen) atoms. The smallest absolute Gasteiger partial charge is 0.185 e. The number of fused-ring (bicyclic) bond motifs is 3. The summed E-state index contributed by atoms with van der Waals surface area (Å²) in [5.41, 5.74) is 9.44. The Hall–Kier alpha value is -2.18. The van der Waals surface area contributed by atoms with E-state index >= 15 is 0 Å². The lowest BCUT2D eigenvalue weighted by molar-refractivity contribution is 0.513. The van der Waals surface area contributed by atoms with Crippen LogP contribution in [0.1, 0.15) is 18.1 Å². The average molecular weight is 287 g/mol. The van der Waals surface area contributed by atoms with E-state index in [1.165, 1.54) is 0 Å². The Balaban J connectivity index is 2.06. The summed E-state index contributed by atoms with van der Waals surface area (Å²) in [6, 6.07) is 10.1. The van der Waals surface area contributed by atoms with Crippen molar-refractivity contribution >= 4 is 22.9 Å². The third-order valence-corrected chi connectivity index (χ3v) is 3.96. The first kappa shape index (κ1) is 11.6. The highest BCUT2D eigenvalue weighted by Crippen LogP contribution is 2.42. The van der Waals surface area contributed by atoms with Crippen molar-refractivity contribution < 1.29 is 0 Å². The molecule has 1 aromatic carbocycles. The SMILES string of the molecule is CC1(c2ccccc2)NNc2c(Cl)nn3cnnc3c21. The van der Waals surface area contributed by atoms with E-state index in [1.807, 2.05) is 18.2 Å². The van der Waals surface area contributed by atoms with Crippen LogP contribution in [-0.4, -0.2) is 19.8 Å². The number of benzene rings is 1. The number of nitrogens with zero attached hydrogens (tertiary/aromatic N) is 4. The maximum Gasteiger partial charge on any atom is 0.185 e. The first-order valence-corrected chi connectivity index (χ1v) is 6.56. The number of aromatic nitrogens is 4. The van der Waals surface area contributed by atoms with Gasteiger partial charge < -0.3 is 5.43 Å². The van der Waals surface area contributed by atoms with Crippen LogP contribution in [0.2, 0.25) is 5.15 Å². The van der Waals surface area contributed by atoms with Crippen LogP contribution in [-0.2, 0) is 5.54 Å². The van der Waals surface area contributed by atoms with E-state index in [0.717, 1.165) is 16.8 Å². The lowest BCUT2D eigenvalue weighted by Crippen LogP contribution is -2.37. The number of hydrogen-bond donors (Lipinski definition) is 2. The van der Waals surface area contributed by atoms with Gasteiger partial charge in [0.15, 0.2) is 10.8 Å². The number of halogens is 1. The van der Waals surface area contributed by atoms with Gasteiger partial charge in [0.2, 0.25) is 0 Å². The van der Waals surface area contributed by atoms with E-state index in [-0.39, 0.29) is 0 Å². The molecule has 7 heteroatoms. The summed E-state index contributed by atoms with van der Waals surface area (Å²) in [5, 5.41) is 12.7. The molecule has 0 bridgehead atoms. The number of nitrogens with one attached hydrogen (secondary N) is 2. The Morgan fingerprint density at radius 2 is 2.05 bits per heavy atom. The van der Waals surface area contributed by atoms with Gasteiger partial charge in [0.1, 0.15) is 6.33 Å². The van der Waals surface area contributed by atoms with Crippen LogP contribution < -0.4 is 10.9 Å². The third kappa shape index (κ3) is 1.40. The van der Waals surface area contributed by atoms with Gasteiger partial charge in [-0.3, -0.25) is 0 Å². The van der Waals surface area contributed by atoms with Gasteiger partial charge in [0.25, 0.3) is 0 Å². The first-order valence-electron chi connectivity index (χ1n) is 6.19. The molecule has 0 saturated carbocycles. The van der Waals surface area contributed by atoms with Gasteiger partial charge in [0.05, 0.1) is 16.8 Å². The van der Waals surface area contributed by atoms with Crippen molar-refractivity contribution in [3.63, 3.8) is 0 Å². The van der Waals surface area contributed by atoms with Gasteiger partial charge in [-0.25, -0.2) is 5.43 Å². The predicted molar refractivity (Wildman–Crippen MR) is 75.4 cm³/mol. The maximum atomic E-state index is 6.23. The molecule has 100 valence electrons. The van der Waals surface area contributed by atoms with Crippen LogP contribution in [0, 0.1) is 0 Å². The lowest BCUT2D eigenvalue weighted by Gasteiger charge is -2.25. The number of rotatable bonds is 1. The van der Waals surface area contributed by atoms with Gasteiger partial charge in [-0.1, -0.05) is 41.9 Å². The molecule has 3 heterocycles. The van der Waals surface area contributed by atoms with Crippen molar-refractivity contribution in [3.05, 3.63) is 52.9 Å². The zero-order valence-corrected chi connectivity index (χ0v) is 11.4. The highest BCUT2D eigenvalue weighted by atomic mass is 35.5. The molecule has 2 aromatic heterocycles. The van der Waals surface area contributed by atoms with E-state index in [9.17, 15) is 0 Å². The second-order valence-electron chi connectivity index (χ2n) is 4.88. The largest absolute Gasteiger partial charge is 0.317 e. The van der Waals surface area contributed by atoms with E-state index in [1.54, 1.807) is 10.8 Å². The average Bonchev–Trinajstić information content (AvgIpc) is 3.05. The highest BCUT2D eigenvalue weighted by molar-refractivity contribution is 6.32. The Bertz CT molecular complexity index is 799. The van der Waals surface area contributed by atoms with Crippen LogP contribution in [0.4, 0.5) is 5.69 Å². The van der Waals surface area contributed by atoms with Crippen molar-refractivity contribution in [1.82, 2.24) is 25.2 Å². The molecule has 1 aliphatic rings. The summed E-state index contributed by atoms with van der Waals surface area (Å²) in [5.74, 6) is 0. The molecule has 1 unspecified atom stereocenters. The fourth-order valence-electron chi connectivity index (χ4n) is 2.65. The van der Waals surface area contributed by atoms with Crippen molar-refractivity contribution in [2.45, 2.75) is 12.5 Å². The molecule has 3 aromatic rings. The molecule has 1 atom stereocenters. The number of hydrazine groups is 1. The molecule has 4 rings (SSSR count). The standard InChI is InChI=1S/C13H11ClN6/c1-13(8-5-3-2-4-6-8)9-10(16-19-13)11(14)18-20-7-15-17-12(9)20/h2-7,16,19H,1H3. The minimum absolute atomic E-state index is 0.388. The van der Waals surface area contributed by atoms with E-state index < -0.39 is 5.54 Å². The monoisotopic (exact) mass is 286 g/mol. The summed E-state index contributed by atoms with van der Waals surface area (Å²) < 4.78 is 1.59. The molecule has 0 spiro atoms. The molecule has 0 saturated heterocycles. The summed E-state index contributed by atoms with van der Waals surface area (Å²) in [7, 11) is 0. The van der Waals surface area contributed by atoms with Crippen molar-refractivity contribution in [2.75, 3.05) is 5.43 Å². The molecular formula is C13H11ClN6. The lowest BCUT2D eigenvalue weighted by atomic mass is 9.86. The maximum absolute atomic E-state index is 6.23. The van der Waals surface area contributed by atoms with Gasteiger partial charge in [-0.15, -0.1) is 10.2 Å². The van der Waals surface area contributed by atoms with Crippen molar-refractivity contribution in [3.8, 4) is 0 Å². The highest BCUT2D eigenvalue weighted by Gasteiger charge is 2.40. The quantitative estimate of drug-likeness (QED) is 0.716. The van der Waals surface area contributed by atoms with Crippen LogP contribution in [0.15, 0.2) is 36.7 Å². The van der Waals surface area contributed by atoms with Crippen molar-refractivity contribution in [1.29, 1.82) is 0 Å². The molecule has 2 N–H and O–H groups in total. The molecule has 1 aliphatic heterocycles. The van der Waals surface area contributed by atoms with Gasteiger partial charge in [-0.2, -0.15) is 9.61 Å². The molecule has 6 nitrogen and oxygen atoms in total. The number of anilines is 1. The summed E-state index contributed by atoms with van der Waals surface area (Å²) in [6.45, 7) is 2.08. The van der Waals surface area contributed by atoms with Crippen LogP contribution >= 0.6 is 11.6 Å². The van der Waals surface area contributed by atoms with Crippen LogP contribution in [0.25, 0.3) is 5.65 Å². The van der Waals surface area contributed by atoms with Gasteiger partial charge in [-0.05, 0) is 12.5 Å². The molecular weight excluding hydrogens is 276 g/mol. The minimum Gasteiger partial charge on any atom is -0.317 e. The Morgan fingerprint density at radius 1 is 1.25 bits per heavy atom. The summed E-state index contributed by atoms with van der Waals surface area (Å²) >= 11 is 6.23. The van der Waals surface area contributed by atoms with Crippen molar-refractivity contribution in [2.24, 2.45) is 0 Å². The topological polar surface area (TPSA) is 67.1 Å². The Kier molecular flexibility index (Phi) is 2.27. The second kappa shape index (κ2) is 3.91. The fourth-order valence-corrected chi connectivity index (χ4v) is 2.88. The van der Waals surface area contributed by atoms with Gasteiger partial charge in [0, 0.05) is 0 Å². The zero-order chi connectivity index (χ0) is 13.7.